The minimum atomic E-state index is 0.544. The molecule has 1 aliphatic carbocycles. The van der Waals surface area contributed by atoms with Gasteiger partial charge in [0.15, 0.2) is 0 Å². The molecule has 2 N–H and O–H groups in total. The van der Waals surface area contributed by atoms with Crippen molar-refractivity contribution in [3.63, 3.8) is 0 Å². The highest BCUT2D eigenvalue weighted by Gasteiger charge is 2.18. The van der Waals surface area contributed by atoms with E-state index in [1.165, 1.54) is 29.7 Å². The second-order valence-electron chi connectivity index (χ2n) is 3.95. The van der Waals surface area contributed by atoms with Crippen LogP contribution in [0.4, 0.5) is 0 Å². The third-order valence-electron chi connectivity index (χ3n) is 2.78. The van der Waals surface area contributed by atoms with Crippen LogP contribution in [0.25, 0.3) is 10.8 Å². The van der Waals surface area contributed by atoms with Crippen LogP contribution in [-0.4, -0.2) is 16.7 Å². The van der Waals surface area contributed by atoms with Gasteiger partial charge in [-0.05, 0) is 30.9 Å². The second-order valence-corrected chi connectivity index (χ2v) is 5.09. The molecule has 84 valence electrons. The summed E-state index contributed by atoms with van der Waals surface area (Å²) in [7, 11) is 0. The lowest BCUT2D eigenvalue weighted by Gasteiger charge is -1.89. The lowest BCUT2D eigenvalue weighted by atomic mass is 10.2. The zero-order chi connectivity index (χ0) is 11.0. The summed E-state index contributed by atoms with van der Waals surface area (Å²) < 4.78 is 5.56. The van der Waals surface area contributed by atoms with Gasteiger partial charge < -0.3 is 10.2 Å². The summed E-state index contributed by atoms with van der Waals surface area (Å²) >= 11 is 1.78. The summed E-state index contributed by atoms with van der Waals surface area (Å²) in [4.78, 5) is 2.58. The summed E-state index contributed by atoms with van der Waals surface area (Å²) in [6.45, 7) is 0.544. The maximum absolute atomic E-state index is 5.56. The van der Waals surface area contributed by atoms with E-state index in [9.17, 15) is 0 Å². The van der Waals surface area contributed by atoms with Gasteiger partial charge in [0.05, 0.1) is 4.88 Å². The Kier molecular flexibility index (Phi) is 2.49. The molecule has 0 bridgehead atoms. The summed E-state index contributed by atoms with van der Waals surface area (Å²) in [5.41, 5.74) is 6.90. The highest BCUT2D eigenvalue weighted by atomic mass is 32.1. The first-order valence-electron chi connectivity index (χ1n) is 5.51. The van der Waals surface area contributed by atoms with Crippen LogP contribution < -0.4 is 5.73 Å². The van der Waals surface area contributed by atoms with Gasteiger partial charge in [0.2, 0.25) is 5.89 Å². The van der Waals surface area contributed by atoms with E-state index in [1.807, 2.05) is 0 Å². The predicted molar refractivity (Wildman–Crippen MR) is 62.4 cm³/mol. The smallest absolute Gasteiger partial charge is 0.257 e. The van der Waals surface area contributed by atoms with E-state index < -0.39 is 0 Å². The average Bonchev–Trinajstić information content (AvgIpc) is 2.88. The van der Waals surface area contributed by atoms with Crippen LogP contribution in [0.15, 0.2) is 10.5 Å². The highest BCUT2D eigenvalue weighted by molar-refractivity contribution is 7.15. The van der Waals surface area contributed by atoms with Gasteiger partial charge in [0.1, 0.15) is 0 Å². The largest absolute Gasteiger partial charge is 0.420 e. The van der Waals surface area contributed by atoms with E-state index in [2.05, 4.69) is 16.3 Å². The van der Waals surface area contributed by atoms with Gasteiger partial charge in [-0.25, -0.2) is 0 Å². The van der Waals surface area contributed by atoms with Crippen LogP contribution >= 0.6 is 11.3 Å². The first kappa shape index (κ1) is 9.99. The Labute approximate surface area is 97.5 Å². The molecule has 0 aromatic carbocycles. The van der Waals surface area contributed by atoms with E-state index in [1.54, 1.807) is 11.3 Å². The fraction of sp³-hybridized carbons (Fsp3) is 0.455. The van der Waals surface area contributed by atoms with Gasteiger partial charge in [-0.1, -0.05) is 0 Å². The Hall–Kier alpha value is -1.20. The van der Waals surface area contributed by atoms with E-state index in [-0.39, 0.29) is 0 Å². The first-order chi connectivity index (χ1) is 7.86. The number of nitrogens with two attached hydrogens (primary N) is 1. The zero-order valence-electron chi connectivity index (χ0n) is 8.90. The average molecular weight is 235 g/mol. The highest BCUT2D eigenvalue weighted by Crippen LogP contribution is 2.35. The van der Waals surface area contributed by atoms with Crippen molar-refractivity contribution in [3.05, 3.63) is 22.4 Å². The molecule has 5 heteroatoms. The number of hydrogen-bond donors (Lipinski definition) is 1. The molecule has 0 atom stereocenters. The molecule has 2 heterocycles. The van der Waals surface area contributed by atoms with Gasteiger partial charge in [-0.3, -0.25) is 0 Å². The molecule has 1 aliphatic rings. The van der Waals surface area contributed by atoms with Crippen LogP contribution in [0.1, 0.15) is 22.8 Å². The zero-order valence-corrected chi connectivity index (χ0v) is 9.72. The summed E-state index contributed by atoms with van der Waals surface area (Å²) in [5, 5.41) is 8.03. The Morgan fingerprint density at radius 3 is 3.12 bits per heavy atom. The van der Waals surface area contributed by atoms with Gasteiger partial charge in [-0.15, -0.1) is 21.5 Å². The standard InChI is InChI=1S/C11H13N3OS/c12-5-4-10-13-14-11(15-10)9-6-7-2-1-3-8(7)16-9/h6H,1-5,12H2. The van der Waals surface area contributed by atoms with Crippen molar-refractivity contribution in [3.8, 4) is 10.8 Å². The van der Waals surface area contributed by atoms with Crippen molar-refractivity contribution in [1.29, 1.82) is 0 Å². The van der Waals surface area contributed by atoms with Crippen molar-refractivity contribution in [2.45, 2.75) is 25.7 Å². The normalized spacial score (nSPS) is 14.3. The molecule has 0 fully saturated rings. The summed E-state index contributed by atoms with van der Waals surface area (Å²) in [5.74, 6) is 1.27. The minimum Gasteiger partial charge on any atom is -0.420 e. The van der Waals surface area contributed by atoms with E-state index >= 15 is 0 Å². The third-order valence-corrected chi connectivity index (χ3v) is 4.01. The Bertz CT molecular complexity index is 482. The second kappa shape index (κ2) is 3.99. The molecule has 0 saturated heterocycles. The Morgan fingerprint density at radius 1 is 1.38 bits per heavy atom. The number of hydrogen-bond acceptors (Lipinski definition) is 5. The molecule has 0 unspecified atom stereocenters. The number of aryl methyl sites for hydroxylation is 2. The molecule has 16 heavy (non-hydrogen) atoms. The van der Waals surface area contributed by atoms with E-state index in [0.29, 0.717) is 24.7 Å². The first-order valence-corrected chi connectivity index (χ1v) is 6.33. The fourth-order valence-electron chi connectivity index (χ4n) is 2.01. The van der Waals surface area contributed by atoms with Crippen molar-refractivity contribution in [1.82, 2.24) is 10.2 Å². The van der Waals surface area contributed by atoms with Crippen molar-refractivity contribution in [2.75, 3.05) is 6.54 Å². The van der Waals surface area contributed by atoms with Crippen molar-refractivity contribution < 1.29 is 4.42 Å². The number of aromatic nitrogens is 2. The topological polar surface area (TPSA) is 64.9 Å². The maximum atomic E-state index is 5.56. The van der Waals surface area contributed by atoms with Crippen LogP contribution in [0.5, 0.6) is 0 Å². The molecular formula is C11H13N3OS. The molecule has 0 radical (unpaired) electrons. The monoisotopic (exact) mass is 235 g/mol. The molecule has 4 nitrogen and oxygen atoms in total. The summed E-state index contributed by atoms with van der Waals surface area (Å²) in [6, 6.07) is 2.19. The van der Waals surface area contributed by atoms with E-state index in [0.717, 1.165) is 4.88 Å². The third kappa shape index (κ3) is 1.66. The molecule has 0 saturated carbocycles. The maximum Gasteiger partial charge on any atom is 0.257 e. The number of thiophene rings is 1. The quantitative estimate of drug-likeness (QED) is 0.880. The summed E-state index contributed by atoms with van der Waals surface area (Å²) in [6.07, 6.45) is 4.32. The van der Waals surface area contributed by atoms with Crippen LogP contribution in [0.3, 0.4) is 0 Å². The number of fused-ring (bicyclic) bond motifs is 1. The molecule has 2 aromatic heterocycles. The van der Waals surface area contributed by atoms with Crippen molar-refractivity contribution >= 4 is 11.3 Å². The van der Waals surface area contributed by atoms with E-state index in [4.69, 9.17) is 10.2 Å². The van der Waals surface area contributed by atoms with Gasteiger partial charge in [0.25, 0.3) is 5.89 Å². The van der Waals surface area contributed by atoms with Crippen LogP contribution in [-0.2, 0) is 19.3 Å². The lowest BCUT2D eigenvalue weighted by molar-refractivity contribution is 0.508. The van der Waals surface area contributed by atoms with Crippen LogP contribution in [0, 0.1) is 0 Å². The van der Waals surface area contributed by atoms with Gasteiger partial charge >= 0.3 is 0 Å². The Morgan fingerprint density at radius 2 is 2.31 bits per heavy atom. The minimum absolute atomic E-state index is 0.544. The Balaban J connectivity index is 1.89. The fourth-order valence-corrected chi connectivity index (χ4v) is 3.19. The predicted octanol–water partition coefficient (Wildman–Crippen LogP) is 1.79. The van der Waals surface area contributed by atoms with Crippen molar-refractivity contribution in [2.24, 2.45) is 5.73 Å². The molecule has 3 rings (SSSR count). The molecule has 2 aromatic rings. The molecule has 0 amide bonds. The number of rotatable bonds is 3. The molecule has 0 spiro atoms. The van der Waals surface area contributed by atoms with Crippen LogP contribution in [0.2, 0.25) is 0 Å². The number of nitrogens with zero attached hydrogens (tertiary/aromatic N) is 2. The SMILES string of the molecule is NCCc1nnc(-c2cc3c(s2)CCC3)o1. The molecular weight excluding hydrogens is 222 g/mol. The van der Waals surface area contributed by atoms with Gasteiger partial charge in [-0.2, -0.15) is 0 Å². The lowest BCUT2D eigenvalue weighted by Crippen LogP contribution is -2.02. The molecule has 0 aliphatic heterocycles. The van der Waals surface area contributed by atoms with Gasteiger partial charge in [0, 0.05) is 17.8 Å².